The van der Waals surface area contributed by atoms with E-state index in [1.807, 2.05) is 24.3 Å². The van der Waals surface area contributed by atoms with E-state index >= 15 is 0 Å². The summed E-state index contributed by atoms with van der Waals surface area (Å²) < 4.78 is 5.87. The zero-order chi connectivity index (χ0) is 18.8. The highest BCUT2D eigenvalue weighted by atomic mass is 16.3. The van der Waals surface area contributed by atoms with E-state index in [9.17, 15) is 9.59 Å². The van der Waals surface area contributed by atoms with Crippen molar-refractivity contribution in [2.75, 3.05) is 18.4 Å². The fraction of sp³-hybridized carbons (Fsp3) is 0.286. The van der Waals surface area contributed by atoms with Gasteiger partial charge in [-0.15, -0.1) is 0 Å². The lowest BCUT2D eigenvalue weighted by Gasteiger charge is -2.30. The highest BCUT2D eigenvalue weighted by molar-refractivity contribution is 5.95. The lowest BCUT2D eigenvalue weighted by Crippen LogP contribution is -2.40. The molecule has 0 unspecified atom stereocenters. The van der Waals surface area contributed by atoms with Crippen molar-refractivity contribution in [2.45, 2.75) is 25.7 Å². The number of piperidine rings is 1. The van der Waals surface area contributed by atoms with Crippen molar-refractivity contribution in [3.8, 4) is 0 Å². The minimum atomic E-state index is -0.124. The van der Waals surface area contributed by atoms with Gasteiger partial charge in [-0.05, 0) is 56.2 Å². The Bertz CT molecular complexity index is 937. The SMILES string of the molecule is CC(=O)c1ccc(NC(=O)N2CCC(c3nc4ccccc4o3)CC2)cc1. The number of ketones is 1. The molecule has 4 rings (SSSR count). The zero-order valence-corrected chi connectivity index (χ0v) is 15.1. The van der Waals surface area contributed by atoms with Gasteiger partial charge in [0, 0.05) is 30.3 Å². The number of rotatable bonds is 3. The zero-order valence-electron chi connectivity index (χ0n) is 15.1. The number of para-hydroxylation sites is 2. The molecule has 1 N–H and O–H groups in total. The molecule has 0 bridgehead atoms. The van der Waals surface area contributed by atoms with E-state index in [1.165, 1.54) is 6.92 Å². The molecule has 0 saturated carbocycles. The van der Waals surface area contributed by atoms with Gasteiger partial charge >= 0.3 is 6.03 Å². The normalized spacial score (nSPS) is 15.1. The first-order valence-electron chi connectivity index (χ1n) is 9.12. The van der Waals surface area contributed by atoms with Gasteiger partial charge in [0.25, 0.3) is 0 Å². The Kier molecular flexibility index (Phi) is 4.62. The predicted molar refractivity (Wildman–Crippen MR) is 103 cm³/mol. The smallest absolute Gasteiger partial charge is 0.321 e. The van der Waals surface area contributed by atoms with Crippen molar-refractivity contribution in [1.82, 2.24) is 9.88 Å². The van der Waals surface area contributed by atoms with Crippen molar-refractivity contribution < 1.29 is 14.0 Å². The second-order valence-electron chi connectivity index (χ2n) is 6.84. The number of hydrogen-bond acceptors (Lipinski definition) is 4. The Hall–Kier alpha value is -3.15. The molecule has 138 valence electrons. The number of nitrogens with zero attached hydrogens (tertiary/aromatic N) is 2. The summed E-state index contributed by atoms with van der Waals surface area (Å²) in [6.45, 7) is 2.83. The minimum Gasteiger partial charge on any atom is -0.440 e. The minimum absolute atomic E-state index is 0.00847. The van der Waals surface area contributed by atoms with Crippen LogP contribution in [0.5, 0.6) is 0 Å². The lowest BCUT2D eigenvalue weighted by molar-refractivity contribution is 0.101. The molecule has 0 spiro atoms. The Morgan fingerprint density at radius 1 is 1.07 bits per heavy atom. The van der Waals surface area contributed by atoms with Crippen LogP contribution in [0.3, 0.4) is 0 Å². The Balaban J connectivity index is 1.35. The molecule has 3 aromatic rings. The number of carbonyl (C=O) groups is 2. The Labute approximate surface area is 157 Å². The molecule has 0 atom stereocenters. The summed E-state index contributed by atoms with van der Waals surface area (Å²) in [4.78, 5) is 30.2. The van der Waals surface area contributed by atoms with E-state index in [0.29, 0.717) is 24.3 Å². The molecule has 1 aliphatic heterocycles. The van der Waals surface area contributed by atoms with Crippen molar-refractivity contribution in [3.63, 3.8) is 0 Å². The van der Waals surface area contributed by atoms with Crippen LogP contribution in [0.2, 0.25) is 0 Å². The van der Waals surface area contributed by atoms with E-state index < -0.39 is 0 Å². The number of urea groups is 1. The Morgan fingerprint density at radius 3 is 2.44 bits per heavy atom. The summed E-state index contributed by atoms with van der Waals surface area (Å²) in [6, 6.07) is 14.6. The summed E-state index contributed by atoms with van der Waals surface area (Å²) in [7, 11) is 0. The van der Waals surface area contributed by atoms with Gasteiger partial charge in [-0.3, -0.25) is 4.79 Å². The van der Waals surface area contributed by atoms with Crippen LogP contribution in [-0.2, 0) is 0 Å². The quantitative estimate of drug-likeness (QED) is 0.698. The van der Waals surface area contributed by atoms with Crippen molar-refractivity contribution >= 4 is 28.6 Å². The molecular weight excluding hydrogens is 342 g/mol. The average molecular weight is 363 g/mol. The summed E-state index contributed by atoms with van der Waals surface area (Å²) in [6.07, 6.45) is 1.65. The molecule has 1 aliphatic rings. The first kappa shape index (κ1) is 17.3. The second-order valence-corrected chi connectivity index (χ2v) is 6.84. The number of fused-ring (bicyclic) bond motifs is 1. The van der Waals surface area contributed by atoms with Gasteiger partial charge in [0.1, 0.15) is 5.52 Å². The summed E-state index contributed by atoms with van der Waals surface area (Å²) >= 11 is 0. The van der Waals surface area contributed by atoms with Crippen LogP contribution >= 0.6 is 0 Å². The third kappa shape index (κ3) is 3.69. The molecule has 6 nitrogen and oxygen atoms in total. The molecule has 1 saturated heterocycles. The number of amides is 2. The first-order valence-corrected chi connectivity index (χ1v) is 9.12. The monoisotopic (exact) mass is 363 g/mol. The molecule has 6 heteroatoms. The van der Waals surface area contributed by atoms with Crippen LogP contribution in [0.25, 0.3) is 11.1 Å². The standard InChI is InChI=1S/C21H21N3O3/c1-14(25)15-6-8-17(9-7-15)22-21(26)24-12-10-16(11-13-24)20-23-18-4-2-3-5-19(18)27-20/h2-9,16H,10-13H2,1H3,(H,22,26). The number of nitrogens with one attached hydrogen (secondary N) is 1. The third-order valence-electron chi connectivity index (χ3n) is 4.98. The van der Waals surface area contributed by atoms with Crippen molar-refractivity contribution in [2.24, 2.45) is 0 Å². The van der Waals surface area contributed by atoms with E-state index in [4.69, 9.17) is 4.42 Å². The van der Waals surface area contributed by atoms with Gasteiger partial charge in [-0.25, -0.2) is 9.78 Å². The first-order chi connectivity index (χ1) is 13.1. The van der Waals surface area contributed by atoms with Gasteiger partial charge in [-0.1, -0.05) is 12.1 Å². The molecule has 2 heterocycles. The van der Waals surface area contributed by atoms with Gasteiger partial charge < -0.3 is 14.6 Å². The predicted octanol–water partition coefficient (Wildman–Crippen LogP) is 4.44. The van der Waals surface area contributed by atoms with Crippen molar-refractivity contribution in [1.29, 1.82) is 0 Å². The van der Waals surface area contributed by atoms with Gasteiger partial charge in [0.2, 0.25) is 0 Å². The molecule has 2 aromatic carbocycles. The van der Waals surface area contributed by atoms with Gasteiger partial charge in [-0.2, -0.15) is 0 Å². The summed E-state index contributed by atoms with van der Waals surface area (Å²) in [5.41, 5.74) is 3.00. The molecule has 0 aliphatic carbocycles. The van der Waals surface area contributed by atoms with E-state index in [0.717, 1.165) is 29.8 Å². The molecule has 0 radical (unpaired) electrons. The molecule has 1 fully saturated rings. The number of Topliss-reactive ketones (excluding diaryl/α,β-unsaturated/α-hetero) is 1. The van der Waals surface area contributed by atoms with Crippen LogP contribution in [0.1, 0.15) is 41.9 Å². The topological polar surface area (TPSA) is 75.4 Å². The highest BCUT2D eigenvalue weighted by Gasteiger charge is 2.27. The molecule has 27 heavy (non-hydrogen) atoms. The molecular formula is C21H21N3O3. The largest absolute Gasteiger partial charge is 0.440 e. The average Bonchev–Trinajstić information content (AvgIpc) is 3.13. The maximum atomic E-state index is 12.5. The fourth-order valence-corrected chi connectivity index (χ4v) is 3.38. The number of hydrogen-bond donors (Lipinski definition) is 1. The third-order valence-corrected chi connectivity index (χ3v) is 4.98. The van der Waals surface area contributed by atoms with E-state index in [1.54, 1.807) is 29.2 Å². The molecule has 1 aromatic heterocycles. The van der Waals surface area contributed by atoms with E-state index in [-0.39, 0.29) is 17.7 Å². The summed E-state index contributed by atoms with van der Waals surface area (Å²) in [5.74, 6) is 1.00. The second kappa shape index (κ2) is 7.23. The number of likely N-dealkylation sites (tertiary alicyclic amines) is 1. The maximum absolute atomic E-state index is 12.5. The van der Waals surface area contributed by atoms with Crippen LogP contribution in [0.4, 0.5) is 10.5 Å². The van der Waals surface area contributed by atoms with Gasteiger partial charge in [0.15, 0.2) is 17.3 Å². The van der Waals surface area contributed by atoms with E-state index in [2.05, 4.69) is 10.3 Å². The summed E-state index contributed by atoms with van der Waals surface area (Å²) in [5, 5.41) is 2.89. The number of benzene rings is 2. The van der Waals surface area contributed by atoms with Crippen LogP contribution in [0.15, 0.2) is 52.9 Å². The fourth-order valence-electron chi connectivity index (χ4n) is 3.38. The maximum Gasteiger partial charge on any atom is 0.321 e. The van der Waals surface area contributed by atoms with Crippen LogP contribution < -0.4 is 5.32 Å². The van der Waals surface area contributed by atoms with Crippen molar-refractivity contribution in [3.05, 3.63) is 60.0 Å². The lowest BCUT2D eigenvalue weighted by atomic mass is 9.97. The highest BCUT2D eigenvalue weighted by Crippen LogP contribution is 2.30. The van der Waals surface area contributed by atoms with Crippen LogP contribution in [-0.4, -0.2) is 34.8 Å². The Morgan fingerprint density at radius 2 is 1.78 bits per heavy atom. The molecule has 2 amide bonds. The number of oxazole rings is 1. The number of carbonyl (C=O) groups excluding carboxylic acids is 2. The van der Waals surface area contributed by atoms with Crippen LogP contribution in [0, 0.1) is 0 Å². The number of anilines is 1. The number of aromatic nitrogens is 1. The van der Waals surface area contributed by atoms with Gasteiger partial charge in [0.05, 0.1) is 0 Å².